The zero-order valence-corrected chi connectivity index (χ0v) is 19.6. The highest BCUT2D eigenvalue weighted by atomic mass is 19.4. The lowest BCUT2D eigenvalue weighted by molar-refractivity contribution is -0.138. The van der Waals surface area contributed by atoms with Gasteiger partial charge in [0.05, 0.1) is 29.4 Å². The maximum atomic E-state index is 14.8. The molecule has 13 heteroatoms. The summed E-state index contributed by atoms with van der Waals surface area (Å²) >= 11 is 0. The van der Waals surface area contributed by atoms with Gasteiger partial charge in [0.2, 0.25) is 0 Å². The third-order valence-corrected chi connectivity index (χ3v) is 5.63. The average Bonchev–Trinajstić information content (AvgIpc) is 2.80. The molecule has 0 saturated carbocycles. The molecule has 2 N–H and O–H groups in total. The van der Waals surface area contributed by atoms with Crippen molar-refractivity contribution in [3.8, 4) is 11.4 Å². The van der Waals surface area contributed by atoms with Gasteiger partial charge in [-0.2, -0.15) is 18.3 Å². The summed E-state index contributed by atoms with van der Waals surface area (Å²) in [5, 5.41) is 7.98. The van der Waals surface area contributed by atoms with Gasteiger partial charge in [0.25, 0.3) is 11.1 Å². The lowest BCUT2D eigenvalue weighted by Crippen LogP contribution is -2.30. The lowest BCUT2D eigenvalue weighted by Gasteiger charge is -2.20. The molecule has 0 radical (unpaired) electrons. The first-order valence-corrected chi connectivity index (χ1v) is 11.1. The molecule has 3 aromatic heterocycles. The Hall–Kier alpha value is -4.16. The largest absolute Gasteiger partial charge is 0.423 e. The first-order chi connectivity index (χ1) is 17.4. The quantitative estimate of drug-likeness (QED) is 0.353. The van der Waals surface area contributed by atoms with E-state index in [1.54, 1.807) is 12.0 Å². The minimum Gasteiger partial charge on any atom is -0.381 e. The molecule has 194 valence electrons. The van der Waals surface area contributed by atoms with Crippen molar-refractivity contribution in [2.24, 2.45) is 0 Å². The lowest BCUT2D eigenvalue weighted by atomic mass is 10.1. The summed E-state index contributed by atoms with van der Waals surface area (Å²) in [6.45, 7) is 2.81. The van der Waals surface area contributed by atoms with Crippen LogP contribution in [0.1, 0.15) is 24.5 Å². The number of benzene rings is 1. The maximum Gasteiger partial charge on any atom is 0.423 e. The second kappa shape index (κ2) is 10.1. The van der Waals surface area contributed by atoms with Crippen molar-refractivity contribution in [2.75, 3.05) is 5.32 Å². The highest BCUT2D eigenvalue weighted by Crippen LogP contribution is 2.32. The van der Waals surface area contributed by atoms with E-state index in [0.29, 0.717) is 5.39 Å². The Morgan fingerprint density at radius 1 is 1.14 bits per heavy atom. The summed E-state index contributed by atoms with van der Waals surface area (Å²) < 4.78 is 70.3. The molecule has 0 aliphatic rings. The van der Waals surface area contributed by atoms with Crippen molar-refractivity contribution in [3.05, 3.63) is 80.6 Å². The summed E-state index contributed by atoms with van der Waals surface area (Å²) in [4.78, 5) is 32.7. The third-order valence-electron chi connectivity index (χ3n) is 5.63. The number of fused-ring (bicyclic) bond motifs is 1. The summed E-state index contributed by atoms with van der Waals surface area (Å²) in [6, 6.07) is 3.17. The van der Waals surface area contributed by atoms with Crippen LogP contribution in [-0.2, 0) is 12.7 Å². The second-order valence-electron chi connectivity index (χ2n) is 8.64. The van der Waals surface area contributed by atoms with Gasteiger partial charge in [-0.25, -0.2) is 23.8 Å². The zero-order valence-electron chi connectivity index (χ0n) is 19.6. The van der Waals surface area contributed by atoms with Crippen LogP contribution in [0.25, 0.3) is 22.2 Å². The van der Waals surface area contributed by atoms with E-state index in [9.17, 15) is 31.5 Å². The van der Waals surface area contributed by atoms with Gasteiger partial charge in [0, 0.05) is 31.1 Å². The van der Waals surface area contributed by atoms with Crippen LogP contribution in [0.15, 0.2) is 52.6 Å². The van der Waals surface area contributed by atoms with E-state index >= 15 is 0 Å². The fraction of sp³-hybridized carbons (Fsp3) is 0.292. The third kappa shape index (κ3) is 5.65. The number of hydrogen-bond donors (Lipinski definition) is 2. The van der Waals surface area contributed by atoms with Gasteiger partial charge < -0.3 is 9.88 Å². The molecular formula is C24H21F5N6O2. The minimum absolute atomic E-state index is 0.0265. The normalized spacial score (nSPS) is 13.5. The molecule has 3 heterocycles. The van der Waals surface area contributed by atoms with Crippen LogP contribution in [0, 0.1) is 12.7 Å². The van der Waals surface area contributed by atoms with E-state index in [1.165, 1.54) is 37.6 Å². The summed E-state index contributed by atoms with van der Waals surface area (Å²) in [5.41, 5.74) is -3.19. The predicted octanol–water partition coefficient (Wildman–Crippen LogP) is 4.24. The van der Waals surface area contributed by atoms with E-state index in [2.05, 4.69) is 20.4 Å². The van der Waals surface area contributed by atoms with Crippen molar-refractivity contribution in [3.63, 3.8) is 0 Å². The van der Waals surface area contributed by atoms with E-state index in [4.69, 9.17) is 0 Å². The number of aromatic nitrogens is 5. The highest BCUT2D eigenvalue weighted by Gasteiger charge is 2.37. The molecule has 2 atom stereocenters. The molecule has 0 unspecified atom stereocenters. The van der Waals surface area contributed by atoms with Gasteiger partial charge in [-0.1, -0.05) is 0 Å². The van der Waals surface area contributed by atoms with Crippen LogP contribution in [-0.4, -0.2) is 36.9 Å². The summed E-state index contributed by atoms with van der Waals surface area (Å²) in [7, 11) is 0. The zero-order chi connectivity index (χ0) is 26.9. The van der Waals surface area contributed by atoms with Crippen molar-refractivity contribution >= 4 is 16.5 Å². The molecule has 4 aromatic rings. The standard InChI is InChI=1S/C24H21F5N6O2/c1-12-8-30-21(31-9-12)17-6-14-3-4-35(23(37)16(14)7-18(17)26)11-15(25)5-13(2)33-19-10-32-34-22(36)20(19)24(27,28)29/h3-4,6-10,13,15H,5,11H2,1-2H3,(H2,33,34,36)/t13-,15+/m1/s1. The van der Waals surface area contributed by atoms with Gasteiger partial charge in [-0.05, 0) is 43.0 Å². The van der Waals surface area contributed by atoms with Crippen molar-refractivity contribution in [2.45, 2.75) is 45.2 Å². The van der Waals surface area contributed by atoms with Gasteiger partial charge in [-0.3, -0.25) is 9.59 Å². The fourth-order valence-corrected chi connectivity index (χ4v) is 3.94. The fourth-order valence-electron chi connectivity index (χ4n) is 3.94. The number of alkyl halides is 4. The Morgan fingerprint density at radius 2 is 1.84 bits per heavy atom. The molecule has 8 nitrogen and oxygen atoms in total. The maximum absolute atomic E-state index is 14.8. The SMILES string of the molecule is Cc1cnc(-c2cc3ccn(C[C@@H](F)C[C@@H](C)Nc4cn[nH]c(=O)c4C(F)(F)F)c(=O)c3cc2F)nc1. The number of hydrogen-bond acceptors (Lipinski definition) is 6. The number of nitrogens with one attached hydrogen (secondary N) is 2. The van der Waals surface area contributed by atoms with E-state index in [-0.39, 0.29) is 23.2 Å². The molecular weight excluding hydrogens is 499 g/mol. The van der Waals surface area contributed by atoms with E-state index < -0.39 is 53.1 Å². The van der Waals surface area contributed by atoms with Crippen LogP contribution in [0.3, 0.4) is 0 Å². The molecule has 0 aliphatic carbocycles. The molecule has 0 amide bonds. The Labute approximate surface area is 206 Å². The number of halogens is 5. The van der Waals surface area contributed by atoms with Gasteiger partial charge >= 0.3 is 6.18 Å². The topological polar surface area (TPSA) is 106 Å². The van der Waals surface area contributed by atoms with E-state index in [1.807, 2.05) is 0 Å². The molecule has 0 aliphatic heterocycles. The summed E-state index contributed by atoms with van der Waals surface area (Å²) in [5.74, 6) is -0.559. The second-order valence-corrected chi connectivity index (χ2v) is 8.64. The van der Waals surface area contributed by atoms with Crippen molar-refractivity contribution in [1.82, 2.24) is 24.7 Å². The van der Waals surface area contributed by atoms with Gasteiger partial charge in [-0.15, -0.1) is 0 Å². The van der Waals surface area contributed by atoms with Crippen molar-refractivity contribution < 1.29 is 22.0 Å². The number of rotatable bonds is 7. The number of pyridine rings is 1. The Balaban J connectivity index is 1.51. The molecule has 0 bridgehead atoms. The average molecular weight is 520 g/mol. The number of aryl methyl sites for hydroxylation is 1. The smallest absolute Gasteiger partial charge is 0.381 e. The summed E-state index contributed by atoms with van der Waals surface area (Å²) in [6.07, 6.45) is -1.64. The molecule has 1 aromatic carbocycles. The minimum atomic E-state index is -4.94. The number of H-pyrrole nitrogens is 1. The number of nitrogens with zero attached hydrogens (tertiary/aromatic N) is 4. The molecule has 4 rings (SSSR count). The molecule has 0 fully saturated rings. The number of anilines is 1. The number of aromatic amines is 1. The van der Waals surface area contributed by atoms with Crippen molar-refractivity contribution in [1.29, 1.82) is 0 Å². The molecule has 37 heavy (non-hydrogen) atoms. The van der Waals surface area contributed by atoms with Crippen LogP contribution < -0.4 is 16.4 Å². The Bertz CT molecular complexity index is 1550. The first-order valence-electron chi connectivity index (χ1n) is 11.1. The van der Waals surface area contributed by atoms with E-state index in [0.717, 1.165) is 22.4 Å². The molecule has 0 saturated heterocycles. The monoisotopic (exact) mass is 520 g/mol. The van der Waals surface area contributed by atoms with Crippen LogP contribution in [0.2, 0.25) is 0 Å². The van der Waals surface area contributed by atoms with Crippen LogP contribution >= 0.6 is 0 Å². The highest BCUT2D eigenvalue weighted by molar-refractivity contribution is 5.85. The Morgan fingerprint density at radius 3 is 2.51 bits per heavy atom. The predicted molar refractivity (Wildman–Crippen MR) is 126 cm³/mol. The van der Waals surface area contributed by atoms with Gasteiger partial charge in [0.15, 0.2) is 5.82 Å². The molecule has 0 spiro atoms. The van der Waals surface area contributed by atoms with Gasteiger partial charge in [0.1, 0.15) is 17.6 Å². The Kier molecular flexibility index (Phi) is 7.05. The van der Waals surface area contributed by atoms with Crippen LogP contribution in [0.4, 0.5) is 27.6 Å². The first kappa shape index (κ1) is 25.9. The van der Waals surface area contributed by atoms with Crippen LogP contribution in [0.5, 0.6) is 0 Å².